The Morgan fingerprint density at radius 3 is 2.21 bits per heavy atom. The average Bonchev–Trinajstić information content (AvgIpc) is 3.25. The number of thiazole rings is 1. The summed E-state index contributed by atoms with van der Waals surface area (Å²) in [6, 6.07) is 13.8. The van der Waals surface area contributed by atoms with Crippen LogP contribution in [0.25, 0.3) is 0 Å². The minimum Gasteiger partial charge on any atom is -0.494 e. The molecule has 0 bridgehead atoms. The molecule has 9 heteroatoms. The van der Waals surface area contributed by atoms with Gasteiger partial charge in [0.1, 0.15) is 30.5 Å². The summed E-state index contributed by atoms with van der Waals surface area (Å²) in [6.07, 6.45) is 0. The Bertz CT molecular complexity index is 1030. The van der Waals surface area contributed by atoms with Gasteiger partial charge < -0.3 is 24.3 Å². The Morgan fingerprint density at radius 1 is 0.939 bits per heavy atom. The van der Waals surface area contributed by atoms with Crippen molar-refractivity contribution in [2.75, 3.05) is 26.4 Å². The minimum atomic E-state index is -0.586. The van der Waals surface area contributed by atoms with E-state index >= 15 is 0 Å². The van der Waals surface area contributed by atoms with Crippen LogP contribution in [0.4, 0.5) is 0 Å². The van der Waals surface area contributed by atoms with E-state index in [1.807, 2.05) is 31.4 Å². The zero-order valence-electron chi connectivity index (χ0n) is 18.5. The Hall–Kier alpha value is -3.59. The van der Waals surface area contributed by atoms with Gasteiger partial charge in [-0.2, -0.15) is 0 Å². The second-order valence-electron chi connectivity index (χ2n) is 6.85. The van der Waals surface area contributed by atoms with E-state index < -0.39 is 11.9 Å². The molecule has 1 amide bonds. The Kier molecular flexibility index (Phi) is 9.08. The molecule has 0 saturated heterocycles. The molecule has 8 nitrogen and oxygen atoms in total. The predicted octanol–water partition coefficient (Wildman–Crippen LogP) is 3.78. The fourth-order valence-electron chi connectivity index (χ4n) is 2.74. The molecule has 0 aliphatic heterocycles. The van der Waals surface area contributed by atoms with Gasteiger partial charge in [-0.25, -0.2) is 9.78 Å². The lowest BCUT2D eigenvalue weighted by molar-refractivity contribution is -0.124. The maximum Gasteiger partial charge on any atom is 0.338 e. The number of hydrogen-bond donors (Lipinski definition) is 1. The first-order valence-corrected chi connectivity index (χ1v) is 11.3. The average molecular weight is 471 g/mol. The Morgan fingerprint density at radius 2 is 1.58 bits per heavy atom. The summed E-state index contributed by atoms with van der Waals surface area (Å²) in [4.78, 5) is 28.4. The van der Waals surface area contributed by atoms with Crippen LogP contribution in [-0.2, 0) is 16.1 Å². The third kappa shape index (κ3) is 8.12. The van der Waals surface area contributed by atoms with Crippen LogP contribution in [0.5, 0.6) is 17.2 Å². The van der Waals surface area contributed by atoms with Crippen molar-refractivity contribution < 1.29 is 28.5 Å². The number of carbonyl (C=O) groups excluding carboxylic acids is 2. The number of hydrogen-bond acceptors (Lipinski definition) is 8. The number of benzene rings is 2. The molecule has 0 unspecified atom stereocenters. The zero-order valence-corrected chi connectivity index (χ0v) is 19.4. The number of aryl methyl sites for hydroxylation is 1. The molecule has 2 aromatic carbocycles. The molecule has 1 heterocycles. The summed E-state index contributed by atoms with van der Waals surface area (Å²) < 4.78 is 21.6. The molecule has 0 radical (unpaired) electrons. The molecule has 3 aromatic rings. The summed E-state index contributed by atoms with van der Waals surface area (Å²) in [5.41, 5.74) is 1.19. The van der Waals surface area contributed by atoms with E-state index in [4.69, 9.17) is 18.9 Å². The quantitative estimate of drug-likeness (QED) is 0.318. The number of esters is 1. The highest BCUT2D eigenvalue weighted by Crippen LogP contribution is 2.18. The van der Waals surface area contributed by atoms with Crippen molar-refractivity contribution in [1.82, 2.24) is 10.3 Å². The van der Waals surface area contributed by atoms with Gasteiger partial charge >= 0.3 is 5.97 Å². The van der Waals surface area contributed by atoms with Gasteiger partial charge in [-0.3, -0.25) is 4.79 Å². The Labute approximate surface area is 196 Å². The van der Waals surface area contributed by atoms with Gasteiger partial charge in [0.15, 0.2) is 6.61 Å². The van der Waals surface area contributed by atoms with Crippen LogP contribution in [0, 0.1) is 6.92 Å². The number of rotatable bonds is 12. The van der Waals surface area contributed by atoms with E-state index in [-0.39, 0.29) is 19.8 Å². The van der Waals surface area contributed by atoms with Gasteiger partial charge in [-0.1, -0.05) is 0 Å². The van der Waals surface area contributed by atoms with Crippen molar-refractivity contribution in [2.24, 2.45) is 0 Å². The summed E-state index contributed by atoms with van der Waals surface area (Å²) in [5.74, 6) is 1.07. The smallest absolute Gasteiger partial charge is 0.338 e. The number of aromatic nitrogens is 1. The first-order chi connectivity index (χ1) is 16.0. The molecule has 1 N–H and O–H groups in total. The fraction of sp³-hybridized carbons (Fsp3) is 0.292. The topological polar surface area (TPSA) is 96.0 Å². The third-order valence-corrected chi connectivity index (χ3v) is 5.13. The molecule has 0 fully saturated rings. The second kappa shape index (κ2) is 12.4. The third-order valence-electron chi connectivity index (χ3n) is 4.31. The van der Waals surface area contributed by atoms with Gasteiger partial charge in [-0.15, -0.1) is 11.3 Å². The van der Waals surface area contributed by atoms with Gasteiger partial charge in [0.25, 0.3) is 5.91 Å². The standard InChI is InChI=1S/C24H26N2O6S/c1-3-29-20-8-10-21(11-9-20)30-13-12-25-23(27)15-32-24(28)18-4-6-22(7-5-18)31-14-19-16-33-17(2)26-19/h4-11,16H,3,12-15H2,1-2H3,(H,25,27). The van der Waals surface area contributed by atoms with E-state index in [2.05, 4.69) is 10.3 Å². The molecule has 0 saturated carbocycles. The van der Waals surface area contributed by atoms with Gasteiger partial charge in [0.05, 0.1) is 29.4 Å². The molecule has 33 heavy (non-hydrogen) atoms. The molecule has 3 rings (SSSR count). The number of nitrogens with one attached hydrogen (secondary N) is 1. The van der Waals surface area contributed by atoms with Crippen molar-refractivity contribution in [1.29, 1.82) is 0 Å². The van der Waals surface area contributed by atoms with Crippen LogP contribution >= 0.6 is 11.3 Å². The number of carbonyl (C=O) groups is 2. The molecule has 1 aromatic heterocycles. The highest BCUT2D eigenvalue weighted by molar-refractivity contribution is 7.09. The monoisotopic (exact) mass is 470 g/mol. The Balaban J connectivity index is 1.32. The van der Waals surface area contributed by atoms with Crippen LogP contribution in [0.15, 0.2) is 53.9 Å². The van der Waals surface area contributed by atoms with Crippen molar-refractivity contribution >= 4 is 23.2 Å². The minimum absolute atomic E-state index is 0.286. The highest BCUT2D eigenvalue weighted by Gasteiger charge is 2.10. The molecule has 0 atom stereocenters. The molecule has 0 aliphatic rings. The lowest BCUT2D eigenvalue weighted by atomic mass is 10.2. The van der Waals surface area contributed by atoms with Crippen molar-refractivity contribution in [3.05, 3.63) is 70.2 Å². The van der Waals surface area contributed by atoms with E-state index in [0.717, 1.165) is 16.5 Å². The maximum atomic E-state index is 12.1. The van der Waals surface area contributed by atoms with Crippen LogP contribution < -0.4 is 19.5 Å². The summed E-state index contributed by atoms with van der Waals surface area (Å²) in [6.45, 7) is 5.02. The van der Waals surface area contributed by atoms with Gasteiger partial charge in [0.2, 0.25) is 0 Å². The summed E-state index contributed by atoms with van der Waals surface area (Å²) in [5, 5.41) is 5.57. The van der Waals surface area contributed by atoms with E-state index in [9.17, 15) is 9.59 Å². The SMILES string of the molecule is CCOc1ccc(OCCNC(=O)COC(=O)c2ccc(OCc3csc(C)n3)cc2)cc1. The van der Waals surface area contributed by atoms with Crippen LogP contribution in [-0.4, -0.2) is 43.2 Å². The molecular formula is C24H26N2O6S. The normalized spacial score (nSPS) is 10.4. The first-order valence-electron chi connectivity index (χ1n) is 10.5. The first kappa shape index (κ1) is 24.1. The van der Waals surface area contributed by atoms with Crippen LogP contribution in [0.1, 0.15) is 28.0 Å². The predicted molar refractivity (Wildman–Crippen MR) is 124 cm³/mol. The molecule has 174 valence electrons. The lowest BCUT2D eigenvalue weighted by Gasteiger charge is -2.09. The molecule has 0 aliphatic carbocycles. The van der Waals surface area contributed by atoms with Crippen LogP contribution in [0.2, 0.25) is 0 Å². The number of nitrogens with zero attached hydrogens (tertiary/aromatic N) is 1. The van der Waals surface area contributed by atoms with Gasteiger partial charge in [0, 0.05) is 5.38 Å². The summed E-state index contributed by atoms with van der Waals surface area (Å²) >= 11 is 1.56. The molecule has 0 spiro atoms. The van der Waals surface area contributed by atoms with E-state index in [1.165, 1.54) is 0 Å². The number of amides is 1. The summed E-state index contributed by atoms with van der Waals surface area (Å²) in [7, 11) is 0. The van der Waals surface area contributed by atoms with Crippen molar-refractivity contribution in [2.45, 2.75) is 20.5 Å². The zero-order chi connectivity index (χ0) is 23.5. The van der Waals surface area contributed by atoms with E-state index in [1.54, 1.807) is 47.7 Å². The lowest BCUT2D eigenvalue weighted by Crippen LogP contribution is -2.32. The van der Waals surface area contributed by atoms with Crippen molar-refractivity contribution in [3.8, 4) is 17.2 Å². The molecular weight excluding hydrogens is 444 g/mol. The van der Waals surface area contributed by atoms with Crippen molar-refractivity contribution in [3.63, 3.8) is 0 Å². The second-order valence-corrected chi connectivity index (χ2v) is 7.91. The number of ether oxygens (including phenoxy) is 4. The fourth-order valence-corrected chi connectivity index (χ4v) is 3.34. The highest BCUT2D eigenvalue weighted by atomic mass is 32.1. The van der Waals surface area contributed by atoms with Gasteiger partial charge in [-0.05, 0) is 62.4 Å². The maximum absolute atomic E-state index is 12.1. The van der Waals surface area contributed by atoms with E-state index in [0.29, 0.717) is 30.3 Å². The largest absolute Gasteiger partial charge is 0.494 e. The van der Waals surface area contributed by atoms with Crippen LogP contribution in [0.3, 0.4) is 0 Å².